The van der Waals surface area contributed by atoms with Crippen LogP contribution in [0.1, 0.15) is 26.2 Å². The number of carbonyl (C=O) groups excluding carboxylic acids is 1. The number of rotatable bonds is 5. The first-order chi connectivity index (χ1) is 15.8. The summed E-state index contributed by atoms with van der Waals surface area (Å²) in [5, 5.41) is 8.64. The van der Waals surface area contributed by atoms with Gasteiger partial charge in [-0.1, -0.05) is 11.8 Å². The lowest BCUT2D eigenvalue weighted by Gasteiger charge is -2.31. The van der Waals surface area contributed by atoms with Gasteiger partial charge in [-0.15, -0.1) is 8.78 Å². The van der Waals surface area contributed by atoms with Gasteiger partial charge in [0, 0.05) is 31.5 Å². The van der Waals surface area contributed by atoms with Crippen LogP contribution in [-0.2, 0) is 11.3 Å². The van der Waals surface area contributed by atoms with Gasteiger partial charge in [0.15, 0.2) is 27.8 Å². The summed E-state index contributed by atoms with van der Waals surface area (Å²) >= 11 is 1.24. The first-order valence-electron chi connectivity index (χ1n) is 10.6. The van der Waals surface area contributed by atoms with E-state index < -0.39 is 6.29 Å². The van der Waals surface area contributed by atoms with Crippen molar-refractivity contribution >= 4 is 28.8 Å². The van der Waals surface area contributed by atoms with Gasteiger partial charge in [0.25, 0.3) is 0 Å². The number of aromatic nitrogens is 4. The molecule has 4 heterocycles. The minimum absolute atomic E-state index is 0.0152. The standard InChI is InChI=1S/C21H22F2N6O3S/c1-12(30)28-7-4-13(5-8-28)6-9-29-11-25-18(24)17-19(29)27-20(26-17)33-14-2-3-15-16(10-14)32-21(22,23)31-15/h2-3,10-11,13,24H,4-9H2,1H3,(H,26,27). The number of aryl methyl sites for hydroxylation is 1. The highest BCUT2D eigenvalue weighted by Gasteiger charge is 2.43. The minimum Gasteiger partial charge on any atom is -0.395 e. The molecule has 33 heavy (non-hydrogen) atoms. The molecule has 1 amide bonds. The molecule has 1 aromatic carbocycles. The van der Waals surface area contributed by atoms with Crippen molar-refractivity contribution in [2.75, 3.05) is 13.1 Å². The quantitative estimate of drug-likeness (QED) is 0.585. The van der Waals surface area contributed by atoms with E-state index >= 15 is 0 Å². The normalized spacial score (nSPS) is 17.6. The maximum absolute atomic E-state index is 13.3. The first-order valence-corrected chi connectivity index (χ1v) is 11.4. The molecule has 0 saturated carbocycles. The lowest BCUT2D eigenvalue weighted by atomic mass is 9.93. The molecule has 12 heteroatoms. The van der Waals surface area contributed by atoms with Gasteiger partial charge in [0.2, 0.25) is 5.91 Å². The van der Waals surface area contributed by atoms with Gasteiger partial charge in [-0.25, -0.2) is 9.97 Å². The SMILES string of the molecule is CC(=O)N1CCC(CCn2cnc(=N)c3[nH]c(Sc4ccc5c(c4)OC(F)(F)O5)nc32)CC1. The molecule has 0 unspecified atom stereocenters. The van der Waals surface area contributed by atoms with E-state index in [0.29, 0.717) is 33.7 Å². The summed E-state index contributed by atoms with van der Waals surface area (Å²) in [6.45, 7) is 3.87. The van der Waals surface area contributed by atoms with Crippen molar-refractivity contribution in [2.45, 2.75) is 49.1 Å². The number of amides is 1. The Kier molecular flexibility index (Phi) is 5.47. The number of ether oxygens (including phenoxy) is 2. The van der Waals surface area contributed by atoms with Crippen molar-refractivity contribution in [3.05, 3.63) is 30.0 Å². The fourth-order valence-electron chi connectivity index (χ4n) is 4.14. The summed E-state index contributed by atoms with van der Waals surface area (Å²) < 4.78 is 37.4. The number of nitrogens with one attached hydrogen (secondary N) is 2. The second-order valence-corrected chi connectivity index (χ2v) is 9.21. The molecule has 174 valence electrons. The van der Waals surface area contributed by atoms with Crippen LogP contribution in [0.4, 0.5) is 8.78 Å². The Morgan fingerprint density at radius 3 is 2.82 bits per heavy atom. The monoisotopic (exact) mass is 476 g/mol. The predicted octanol–water partition coefficient (Wildman–Crippen LogP) is 3.36. The topological polar surface area (TPSA) is 109 Å². The molecule has 2 aliphatic heterocycles. The summed E-state index contributed by atoms with van der Waals surface area (Å²) in [5.41, 5.74) is 1.21. The molecule has 0 bridgehead atoms. The van der Waals surface area contributed by atoms with Crippen LogP contribution < -0.4 is 15.0 Å². The van der Waals surface area contributed by atoms with Crippen LogP contribution in [-0.4, -0.2) is 49.7 Å². The van der Waals surface area contributed by atoms with Crippen molar-refractivity contribution in [3.63, 3.8) is 0 Å². The van der Waals surface area contributed by atoms with Gasteiger partial charge in [0.1, 0.15) is 5.52 Å². The molecule has 5 rings (SSSR count). The highest BCUT2D eigenvalue weighted by Crippen LogP contribution is 2.43. The van der Waals surface area contributed by atoms with Gasteiger partial charge in [-0.05, 0) is 43.4 Å². The Labute approximate surface area is 191 Å². The Balaban J connectivity index is 1.31. The first kappa shape index (κ1) is 21.7. The highest BCUT2D eigenvalue weighted by molar-refractivity contribution is 7.99. The second kappa shape index (κ2) is 8.32. The number of imidazole rings is 1. The molecule has 0 atom stereocenters. The molecule has 0 radical (unpaired) electrons. The van der Waals surface area contributed by atoms with Crippen molar-refractivity contribution in [1.82, 2.24) is 24.4 Å². The number of alkyl halides is 2. The zero-order chi connectivity index (χ0) is 23.2. The zero-order valence-electron chi connectivity index (χ0n) is 17.8. The third-order valence-electron chi connectivity index (χ3n) is 5.92. The summed E-state index contributed by atoms with van der Waals surface area (Å²) in [5.74, 6) is 0.587. The third-order valence-corrected chi connectivity index (χ3v) is 6.80. The molecule has 9 nitrogen and oxygen atoms in total. The summed E-state index contributed by atoms with van der Waals surface area (Å²) in [4.78, 5) is 25.9. The van der Waals surface area contributed by atoms with Gasteiger partial charge < -0.3 is 23.9 Å². The van der Waals surface area contributed by atoms with Crippen molar-refractivity contribution in [2.24, 2.45) is 5.92 Å². The van der Waals surface area contributed by atoms with Gasteiger partial charge in [-0.3, -0.25) is 10.2 Å². The average molecular weight is 477 g/mol. The molecular weight excluding hydrogens is 454 g/mol. The predicted molar refractivity (Wildman–Crippen MR) is 114 cm³/mol. The van der Waals surface area contributed by atoms with E-state index in [1.807, 2.05) is 9.47 Å². The van der Waals surface area contributed by atoms with Gasteiger partial charge >= 0.3 is 6.29 Å². The molecule has 1 saturated heterocycles. The van der Waals surface area contributed by atoms with E-state index in [1.165, 1.54) is 23.9 Å². The Hall–Kier alpha value is -3.15. The molecule has 1 fully saturated rings. The molecule has 0 aliphatic carbocycles. The lowest BCUT2D eigenvalue weighted by Crippen LogP contribution is -2.37. The van der Waals surface area contributed by atoms with Crippen molar-refractivity contribution in [3.8, 4) is 11.5 Å². The minimum atomic E-state index is -3.66. The van der Waals surface area contributed by atoms with E-state index in [9.17, 15) is 13.6 Å². The number of hydrogen-bond acceptors (Lipinski definition) is 7. The zero-order valence-corrected chi connectivity index (χ0v) is 18.6. The highest BCUT2D eigenvalue weighted by atomic mass is 32.2. The number of nitrogens with zero attached hydrogens (tertiary/aromatic N) is 4. The fourth-order valence-corrected chi connectivity index (χ4v) is 4.95. The molecule has 0 spiro atoms. The Morgan fingerprint density at radius 2 is 2.06 bits per heavy atom. The summed E-state index contributed by atoms with van der Waals surface area (Å²) in [7, 11) is 0. The van der Waals surface area contributed by atoms with E-state index in [4.69, 9.17) is 5.41 Å². The second-order valence-electron chi connectivity index (χ2n) is 8.14. The number of benzene rings is 1. The Morgan fingerprint density at radius 1 is 1.30 bits per heavy atom. The number of piperidine rings is 1. The van der Waals surface area contributed by atoms with Crippen LogP contribution in [0.15, 0.2) is 34.6 Å². The Bertz CT molecular complexity index is 1270. The van der Waals surface area contributed by atoms with Crippen molar-refractivity contribution in [1.29, 1.82) is 5.41 Å². The maximum atomic E-state index is 13.3. The fraction of sp³-hybridized carbons (Fsp3) is 0.429. The van der Waals surface area contributed by atoms with Crippen molar-refractivity contribution < 1.29 is 23.0 Å². The average Bonchev–Trinajstić information content (AvgIpc) is 3.33. The van der Waals surface area contributed by atoms with Crippen LogP contribution >= 0.6 is 11.8 Å². The number of fused-ring (bicyclic) bond motifs is 2. The van der Waals surface area contributed by atoms with Crippen LogP contribution in [0.25, 0.3) is 11.2 Å². The van der Waals surface area contributed by atoms with Gasteiger partial charge in [-0.2, -0.15) is 0 Å². The molecule has 2 N–H and O–H groups in total. The smallest absolute Gasteiger partial charge is 0.395 e. The van der Waals surface area contributed by atoms with Crippen LogP contribution in [0.3, 0.4) is 0 Å². The van der Waals surface area contributed by atoms with E-state index in [-0.39, 0.29) is 22.9 Å². The van der Waals surface area contributed by atoms with Gasteiger partial charge in [0.05, 0.1) is 6.33 Å². The third kappa shape index (κ3) is 4.52. The maximum Gasteiger partial charge on any atom is 0.586 e. The largest absolute Gasteiger partial charge is 0.586 e. The van der Waals surface area contributed by atoms with E-state index in [0.717, 1.165) is 32.4 Å². The number of halogens is 2. The van der Waals surface area contributed by atoms with E-state index in [1.54, 1.807) is 19.3 Å². The summed E-state index contributed by atoms with van der Waals surface area (Å²) in [6.07, 6.45) is 0.824. The number of likely N-dealkylation sites (tertiary alicyclic amines) is 1. The molecule has 2 aliphatic rings. The van der Waals surface area contributed by atoms with Crippen LogP contribution in [0, 0.1) is 11.3 Å². The molecule has 3 aromatic rings. The molecule has 2 aromatic heterocycles. The van der Waals surface area contributed by atoms with Crippen LogP contribution in [0.5, 0.6) is 11.5 Å². The van der Waals surface area contributed by atoms with Crippen LogP contribution in [0.2, 0.25) is 0 Å². The lowest BCUT2D eigenvalue weighted by molar-refractivity contribution is -0.286. The molecular formula is C21H22F2N6O3S. The number of H-pyrrole nitrogens is 1. The number of hydrogen-bond donors (Lipinski definition) is 2. The number of carbonyl (C=O) groups is 1. The summed E-state index contributed by atoms with van der Waals surface area (Å²) in [6, 6.07) is 4.54. The number of aromatic amines is 1. The van der Waals surface area contributed by atoms with E-state index in [2.05, 4.69) is 24.4 Å².